The van der Waals surface area contributed by atoms with Crippen molar-refractivity contribution in [3.8, 4) is 0 Å². The Morgan fingerprint density at radius 3 is 2.50 bits per heavy atom. The molecular formula is C13H20BrNO3. The van der Waals surface area contributed by atoms with Gasteiger partial charge in [-0.2, -0.15) is 0 Å². The summed E-state index contributed by atoms with van der Waals surface area (Å²) in [5.41, 5.74) is 0. The first kappa shape index (κ1) is 15.2. The number of hydrogen-bond acceptors (Lipinski definition) is 3. The van der Waals surface area contributed by atoms with Crippen LogP contribution in [0.2, 0.25) is 0 Å². The lowest BCUT2D eigenvalue weighted by Gasteiger charge is -2.23. The van der Waals surface area contributed by atoms with Gasteiger partial charge in [-0.25, -0.2) is 4.79 Å². The van der Waals surface area contributed by atoms with Crippen molar-refractivity contribution in [2.75, 3.05) is 7.11 Å². The summed E-state index contributed by atoms with van der Waals surface area (Å²) in [6, 6.07) is -0.642. The van der Waals surface area contributed by atoms with Gasteiger partial charge < -0.3 is 10.1 Å². The summed E-state index contributed by atoms with van der Waals surface area (Å²) in [5.74, 6) is -0.437. The monoisotopic (exact) mass is 317 g/mol. The molecule has 0 spiro atoms. The van der Waals surface area contributed by atoms with Gasteiger partial charge in [-0.1, -0.05) is 41.8 Å². The molecule has 4 nitrogen and oxygen atoms in total. The summed E-state index contributed by atoms with van der Waals surface area (Å²) >= 11 is 3.20. The number of carbonyl (C=O) groups excluding carboxylic acids is 2. The highest BCUT2D eigenvalue weighted by atomic mass is 79.9. The highest BCUT2D eigenvalue weighted by Crippen LogP contribution is 2.24. The molecule has 1 amide bonds. The van der Waals surface area contributed by atoms with Gasteiger partial charge in [0.2, 0.25) is 5.91 Å². The number of esters is 1. The summed E-state index contributed by atoms with van der Waals surface area (Å²) in [6.07, 6.45) is 5.55. The van der Waals surface area contributed by atoms with Crippen LogP contribution in [-0.2, 0) is 14.3 Å². The van der Waals surface area contributed by atoms with E-state index in [1.807, 2.05) is 0 Å². The third-order valence-corrected chi connectivity index (χ3v) is 3.53. The first-order chi connectivity index (χ1) is 8.54. The molecule has 1 rings (SSSR count). The Morgan fingerprint density at radius 1 is 1.39 bits per heavy atom. The molecule has 1 aliphatic rings. The maximum Gasteiger partial charge on any atom is 0.328 e. The zero-order chi connectivity index (χ0) is 13.5. The van der Waals surface area contributed by atoms with Crippen LogP contribution in [0, 0.1) is 5.92 Å². The molecule has 0 aromatic carbocycles. The minimum atomic E-state index is -0.642. The number of rotatable bonds is 5. The summed E-state index contributed by atoms with van der Waals surface area (Å²) in [5, 5.41) is 2.76. The van der Waals surface area contributed by atoms with Gasteiger partial charge in [-0.3, -0.25) is 4.79 Å². The summed E-state index contributed by atoms with van der Waals surface area (Å²) in [7, 11) is 1.32. The average Bonchev–Trinajstić information content (AvgIpc) is 2.37. The zero-order valence-electron chi connectivity index (χ0n) is 10.7. The van der Waals surface area contributed by atoms with E-state index in [9.17, 15) is 9.59 Å². The van der Waals surface area contributed by atoms with Crippen molar-refractivity contribution in [2.24, 2.45) is 5.92 Å². The molecule has 1 atom stereocenters. The highest BCUT2D eigenvalue weighted by Gasteiger charge is 2.27. The fraction of sp³-hybridized carbons (Fsp3) is 0.692. The topological polar surface area (TPSA) is 55.4 Å². The van der Waals surface area contributed by atoms with Gasteiger partial charge in [0.05, 0.1) is 7.11 Å². The largest absolute Gasteiger partial charge is 0.467 e. The van der Waals surface area contributed by atoms with E-state index in [1.165, 1.54) is 13.5 Å². The minimum absolute atomic E-state index is 0.0366. The standard InChI is InChI=1S/C13H20BrNO3/c1-9(14)8-11(13(17)18-2)15-12(16)10-6-4-3-5-7-10/h10-11H,1,3-8H2,2H3,(H,15,16)/t11-/m0/s1. The third kappa shape index (κ3) is 4.80. The van der Waals surface area contributed by atoms with Gasteiger partial charge in [0, 0.05) is 12.3 Å². The Bertz CT molecular complexity index is 324. The molecule has 1 fully saturated rings. The Hall–Kier alpha value is -0.840. The number of nitrogens with one attached hydrogen (secondary N) is 1. The van der Waals surface area contributed by atoms with E-state index in [4.69, 9.17) is 0 Å². The Morgan fingerprint density at radius 2 is 2.00 bits per heavy atom. The molecular weight excluding hydrogens is 298 g/mol. The van der Waals surface area contributed by atoms with Crippen molar-refractivity contribution in [1.29, 1.82) is 0 Å². The van der Waals surface area contributed by atoms with E-state index in [0.717, 1.165) is 25.7 Å². The fourth-order valence-corrected chi connectivity index (χ4v) is 2.54. The summed E-state index contributed by atoms with van der Waals surface area (Å²) in [4.78, 5) is 23.6. The van der Waals surface area contributed by atoms with E-state index in [-0.39, 0.29) is 11.8 Å². The molecule has 18 heavy (non-hydrogen) atoms. The van der Waals surface area contributed by atoms with Crippen molar-refractivity contribution >= 4 is 27.8 Å². The van der Waals surface area contributed by atoms with Crippen LogP contribution in [-0.4, -0.2) is 25.0 Å². The zero-order valence-corrected chi connectivity index (χ0v) is 12.3. The van der Waals surface area contributed by atoms with Gasteiger partial charge in [0.25, 0.3) is 0 Å². The van der Waals surface area contributed by atoms with Crippen molar-refractivity contribution in [1.82, 2.24) is 5.32 Å². The second kappa shape index (κ2) is 7.56. The lowest BCUT2D eigenvalue weighted by Crippen LogP contribution is -2.44. The number of halogens is 1. The molecule has 0 aromatic heterocycles. The molecule has 102 valence electrons. The molecule has 0 heterocycles. The second-order valence-electron chi connectivity index (χ2n) is 4.64. The average molecular weight is 318 g/mol. The van der Waals surface area contributed by atoms with Crippen LogP contribution in [0.25, 0.3) is 0 Å². The maximum absolute atomic E-state index is 12.0. The number of ether oxygens (including phenoxy) is 1. The highest BCUT2D eigenvalue weighted by molar-refractivity contribution is 9.11. The van der Waals surface area contributed by atoms with Crippen molar-refractivity contribution < 1.29 is 14.3 Å². The Labute approximate surface area is 116 Å². The van der Waals surface area contributed by atoms with Crippen LogP contribution >= 0.6 is 15.9 Å². The number of methoxy groups -OCH3 is 1. The van der Waals surface area contributed by atoms with Crippen LogP contribution in [0.5, 0.6) is 0 Å². The van der Waals surface area contributed by atoms with Gasteiger partial charge in [-0.15, -0.1) is 0 Å². The predicted octanol–water partition coefficient (Wildman–Crippen LogP) is 2.52. The second-order valence-corrected chi connectivity index (χ2v) is 5.76. The lowest BCUT2D eigenvalue weighted by atomic mass is 9.88. The fourth-order valence-electron chi connectivity index (χ4n) is 2.21. The maximum atomic E-state index is 12.0. The Balaban J connectivity index is 2.55. The number of carbonyl (C=O) groups is 2. The predicted molar refractivity (Wildman–Crippen MR) is 73.2 cm³/mol. The van der Waals surface area contributed by atoms with E-state index in [1.54, 1.807) is 0 Å². The number of hydrogen-bond donors (Lipinski definition) is 1. The third-order valence-electron chi connectivity index (χ3n) is 3.20. The molecule has 0 aliphatic heterocycles. The van der Waals surface area contributed by atoms with E-state index >= 15 is 0 Å². The molecule has 0 radical (unpaired) electrons. The molecule has 1 aliphatic carbocycles. The normalized spacial score (nSPS) is 17.9. The number of amides is 1. The van der Waals surface area contributed by atoms with Crippen molar-refractivity contribution in [3.63, 3.8) is 0 Å². The Kier molecular flexibility index (Phi) is 6.39. The smallest absolute Gasteiger partial charge is 0.328 e. The van der Waals surface area contributed by atoms with Crippen molar-refractivity contribution in [3.05, 3.63) is 11.1 Å². The van der Waals surface area contributed by atoms with Gasteiger partial charge in [-0.05, 0) is 17.3 Å². The van der Waals surface area contributed by atoms with Gasteiger partial charge in [0.15, 0.2) is 0 Å². The first-order valence-corrected chi connectivity index (χ1v) is 7.05. The first-order valence-electron chi connectivity index (χ1n) is 6.26. The van der Waals surface area contributed by atoms with Gasteiger partial charge in [0.1, 0.15) is 6.04 Å². The molecule has 1 saturated carbocycles. The van der Waals surface area contributed by atoms with E-state index < -0.39 is 12.0 Å². The van der Waals surface area contributed by atoms with Crippen LogP contribution in [0.3, 0.4) is 0 Å². The molecule has 0 saturated heterocycles. The SMILES string of the molecule is C=C(Br)C[C@H](NC(=O)C1CCCCC1)C(=O)OC. The van der Waals surface area contributed by atoms with Crippen LogP contribution in [0.15, 0.2) is 11.1 Å². The molecule has 1 N–H and O–H groups in total. The van der Waals surface area contributed by atoms with Gasteiger partial charge >= 0.3 is 5.97 Å². The summed E-state index contributed by atoms with van der Waals surface area (Å²) < 4.78 is 5.35. The van der Waals surface area contributed by atoms with Crippen LogP contribution in [0.4, 0.5) is 0 Å². The van der Waals surface area contributed by atoms with E-state index in [0.29, 0.717) is 10.9 Å². The molecule has 5 heteroatoms. The molecule has 0 bridgehead atoms. The quantitative estimate of drug-likeness (QED) is 0.793. The lowest BCUT2D eigenvalue weighted by molar-refractivity contribution is -0.145. The van der Waals surface area contributed by atoms with Crippen LogP contribution < -0.4 is 5.32 Å². The van der Waals surface area contributed by atoms with E-state index in [2.05, 4.69) is 32.6 Å². The molecule has 0 unspecified atom stereocenters. The summed E-state index contributed by atoms with van der Waals surface area (Å²) in [6.45, 7) is 3.69. The molecule has 0 aromatic rings. The van der Waals surface area contributed by atoms with Crippen LogP contribution in [0.1, 0.15) is 38.5 Å². The minimum Gasteiger partial charge on any atom is -0.467 e. The van der Waals surface area contributed by atoms with Crippen molar-refractivity contribution in [2.45, 2.75) is 44.6 Å².